The normalized spacial score (nSPS) is 10.2. The van der Waals surface area contributed by atoms with E-state index in [2.05, 4.69) is 0 Å². The Kier molecular flexibility index (Phi) is 6.32. The van der Waals surface area contributed by atoms with E-state index in [4.69, 9.17) is 25.8 Å². The van der Waals surface area contributed by atoms with Crippen LogP contribution in [-0.2, 0) is 11.3 Å². The van der Waals surface area contributed by atoms with E-state index in [1.807, 2.05) is 18.2 Å². The van der Waals surface area contributed by atoms with Crippen LogP contribution in [0.15, 0.2) is 42.5 Å². The van der Waals surface area contributed by atoms with Crippen molar-refractivity contribution in [2.45, 2.75) is 6.54 Å². The fourth-order valence-corrected chi connectivity index (χ4v) is 2.34. The third kappa shape index (κ3) is 4.55. The molecule has 0 heterocycles. The molecule has 2 aromatic carbocycles. The van der Waals surface area contributed by atoms with Crippen LogP contribution in [0.3, 0.4) is 0 Å². The quantitative estimate of drug-likeness (QED) is 0.768. The number of nitrogens with zero attached hydrogens (tertiary/aromatic N) is 1. The molecule has 1 amide bonds. The fraction of sp³-hybridized carbons (Fsp3) is 0.278. The zero-order chi connectivity index (χ0) is 17.5. The molecule has 2 aromatic rings. The molecule has 0 aromatic heterocycles. The topological polar surface area (TPSA) is 48.0 Å². The summed E-state index contributed by atoms with van der Waals surface area (Å²) in [6.07, 6.45) is 0. The van der Waals surface area contributed by atoms with Gasteiger partial charge in [0, 0.05) is 13.6 Å². The lowest BCUT2D eigenvalue weighted by Crippen LogP contribution is -2.31. The second kappa shape index (κ2) is 8.45. The van der Waals surface area contributed by atoms with Crippen LogP contribution in [0, 0.1) is 0 Å². The van der Waals surface area contributed by atoms with Gasteiger partial charge in [-0.25, -0.2) is 0 Å². The van der Waals surface area contributed by atoms with E-state index in [0.717, 1.165) is 5.56 Å². The van der Waals surface area contributed by atoms with Crippen LogP contribution in [0.5, 0.6) is 17.2 Å². The summed E-state index contributed by atoms with van der Waals surface area (Å²) in [5.41, 5.74) is 0.932. The number of hydrogen-bond acceptors (Lipinski definition) is 4. The largest absolute Gasteiger partial charge is 0.493 e. The van der Waals surface area contributed by atoms with E-state index in [0.29, 0.717) is 28.8 Å². The maximum Gasteiger partial charge on any atom is 0.260 e. The SMILES string of the molecule is COc1ccc(CN(C)C(=O)COc2ccccc2Cl)cc1OC. The lowest BCUT2D eigenvalue weighted by molar-refractivity contribution is -0.132. The number of halogens is 1. The van der Waals surface area contributed by atoms with E-state index >= 15 is 0 Å². The van der Waals surface area contributed by atoms with Crippen LogP contribution < -0.4 is 14.2 Å². The number of carbonyl (C=O) groups is 1. The number of rotatable bonds is 7. The van der Waals surface area contributed by atoms with Crippen LogP contribution in [0.25, 0.3) is 0 Å². The smallest absolute Gasteiger partial charge is 0.260 e. The highest BCUT2D eigenvalue weighted by Gasteiger charge is 2.13. The van der Waals surface area contributed by atoms with Crippen molar-refractivity contribution >= 4 is 17.5 Å². The van der Waals surface area contributed by atoms with E-state index < -0.39 is 0 Å². The fourth-order valence-electron chi connectivity index (χ4n) is 2.15. The summed E-state index contributed by atoms with van der Waals surface area (Å²) in [6, 6.07) is 12.6. The van der Waals surface area contributed by atoms with Gasteiger partial charge < -0.3 is 19.1 Å². The first-order valence-electron chi connectivity index (χ1n) is 7.37. The molecule has 0 aliphatic rings. The molecule has 0 aliphatic carbocycles. The number of carbonyl (C=O) groups excluding carboxylic acids is 1. The molecule has 2 rings (SSSR count). The van der Waals surface area contributed by atoms with E-state index in [1.54, 1.807) is 50.4 Å². The van der Waals surface area contributed by atoms with Gasteiger partial charge in [-0.2, -0.15) is 0 Å². The number of hydrogen-bond donors (Lipinski definition) is 0. The molecule has 0 radical (unpaired) electrons. The van der Waals surface area contributed by atoms with E-state index in [1.165, 1.54) is 0 Å². The molecule has 128 valence electrons. The summed E-state index contributed by atoms with van der Waals surface area (Å²) >= 11 is 6.00. The van der Waals surface area contributed by atoms with Crippen molar-refractivity contribution < 1.29 is 19.0 Å². The van der Waals surface area contributed by atoms with Gasteiger partial charge in [-0.15, -0.1) is 0 Å². The van der Waals surface area contributed by atoms with Crippen LogP contribution >= 0.6 is 11.6 Å². The van der Waals surface area contributed by atoms with Gasteiger partial charge in [0.1, 0.15) is 5.75 Å². The van der Waals surface area contributed by atoms with Gasteiger partial charge in [0.2, 0.25) is 0 Å². The number of amides is 1. The molecule has 0 fully saturated rings. The average Bonchev–Trinajstić information content (AvgIpc) is 2.60. The van der Waals surface area contributed by atoms with Crippen molar-refractivity contribution in [3.05, 3.63) is 53.1 Å². The van der Waals surface area contributed by atoms with Crippen molar-refractivity contribution in [1.82, 2.24) is 4.90 Å². The third-order valence-corrected chi connectivity index (χ3v) is 3.79. The molecule has 24 heavy (non-hydrogen) atoms. The summed E-state index contributed by atoms with van der Waals surface area (Å²) in [4.78, 5) is 13.8. The summed E-state index contributed by atoms with van der Waals surface area (Å²) < 4.78 is 15.9. The summed E-state index contributed by atoms with van der Waals surface area (Å²) in [7, 11) is 4.88. The highest BCUT2D eigenvalue weighted by atomic mass is 35.5. The highest BCUT2D eigenvalue weighted by molar-refractivity contribution is 6.32. The second-order valence-electron chi connectivity index (χ2n) is 5.16. The number of ether oxygens (including phenoxy) is 3. The van der Waals surface area contributed by atoms with E-state index in [-0.39, 0.29) is 12.5 Å². The average molecular weight is 350 g/mol. The first kappa shape index (κ1) is 17.9. The van der Waals surface area contributed by atoms with Crippen LogP contribution in [-0.4, -0.2) is 38.7 Å². The minimum absolute atomic E-state index is 0.0759. The van der Waals surface area contributed by atoms with Crippen molar-refractivity contribution in [3.63, 3.8) is 0 Å². The Morgan fingerprint density at radius 1 is 1.04 bits per heavy atom. The first-order valence-corrected chi connectivity index (χ1v) is 7.75. The number of methoxy groups -OCH3 is 2. The predicted molar refractivity (Wildman–Crippen MR) is 93.0 cm³/mol. The number of likely N-dealkylation sites (N-methyl/N-ethyl adjacent to an activating group) is 1. The Bertz CT molecular complexity index is 705. The lowest BCUT2D eigenvalue weighted by Gasteiger charge is -2.18. The Labute approximate surface area is 146 Å². The van der Waals surface area contributed by atoms with Gasteiger partial charge in [0.05, 0.1) is 19.2 Å². The molecule has 0 N–H and O–H groups in total. The molecular formula is C18H20ClNO4. The lowest BCUT2D eigenvalue weighted by atomic mass is 10.2. The van der Waals surface area contributed by atoms with Crippen molar-refractivity contribution in [2.75, 3.05) is 27.9 Å². The Morgan fingerprint density at radius 3 is 2.42 bits per heavy atom. The maximum absolute atomic E-state index is 12.2. The molecule has 0 aliphatic heterocycles. The Hall–Kier alpha value is -2.40. The molecular weight excluding hydrogens is 330 g/mol. The minimum atomic E-state index is -0.148. The number of benzene rings is 2. The van der Waals surface area contributed by atoms with Gasteiger partial charge in [-0.05, 0) is 29.8 Å². The van der Waals surface area contributed by atoms with Gasteiger partial charge in [-0.1, -0.05) is 29.8 Å². The maximum atomic E-state index is 12.2. The molecule has 6 heteroatoms. The highest BCUT2D eigenvalue weighted by Crippen LogP contribution is 2.28. The number of para-hydroxylation sites is 1. The predicted octanol–water partition coefficient (Wildman–Crippen LogP) is 3.39. The third-order valence-electron chi connectivity index (χ3n) is 3.48. The molecule has 0 saturated heterocycles. The van der Waals surface area contributed by atoms with Crippen molar-refractivity contribution in [2.24, 2.45) is 0 Å². The standard InChI is InChI=1S/C18H20ClNO4/c1-20(11-13-8-9-16(22-2)17(10-13)23-3)18(21)12-24-15-7-5-4-6-14(15)19/h4-10H,11-12H2,1-3H3. The van der Waals surface area contributed by atoms with Crippen molar-refractivity contribution in [3.8, 4) is 17.2 Å². The minimum Gasteiger partial charge on any atom is -0.493 e. The van der Waals surface area contributed by atoms with Crippen LogP contribution in [0.1, 0.15) is 5.56 Å². The zero-order valence-corrected chi connectivity index (χ0v) is 14.7. The Morgan fingerprint density at radius 2 is 1.75 bits per heavy atom. The van der Waals surface area contributed by atoms with Gasteiger partial charge in [-0.3, -0.25) is 4.79 Å². The van der Waals surface area contributed by atoms with E-state index in [9.17, 15) is 4.79 Å². The molecule has 5 nitrogen and oxygen atoms in total. The van der Waals surface area contributed by atoms with Crippen molar-refractivity contribution in [1.29, 1.82) is 0 Å². The summed E-state index contributed by atoms with van der Waals surface area (Å²) in [5, 5.41) is 0.479. The Balaban J connectivity index is 1.95. The molecule has 0 unspecified atom stereocenters. The summed E-state index contributed by atoms with van der Waals surface area (Å²) in [5.74, 6) is 1.62. The van der Waals surface area contributed by atoms with Gasteiger partial charge in [0.25, 0.3) is 5.91 Å². The molecule has 0 bridgehead atoms. The molecule has 0 spiro atoms. The van der Waals surface area contributed by atoms with Gasteiger partial charge in [0.15, 0.2) is 18.1 Å². The monoisotopic (exact) mass is 349 g/mol. The first-order chi connectivity index (χ1) is 11.5. The molecule has 0 saturated carbocycles. The van der Waals surface area contributed by atoms with Crippen LogP contribution in [0.2, 0.25) is 5.02 Å². The van der Waals surface area contributed by atoms with Crippen LogP contribution in [0.4, 0.5) is 0 Å². The molecule has 0 atom stereocenters. The second-order valence-corrected chi connectivity index (χ2v) is 5.57. The van der Waals surface area contributed by atoms with Gasteiger partial charge >= 0.3 is 0 Å². The summed E-state index contributed by atoms with van der Waals surface area (Å²) in [6.45, 7) is 0.360. The zero-order valence-electron chi connectivity index (χ0n) is 13.9.